The van der Waals surface area contributed by atoms with Gasteiger partial charge in [-0.1, -0.05) is 12.1 Å². The van der Waals surface area contributed by atoms with Gasteiger partial charge in [0.1, 0.15) is 0 Å². The van der Waals surface area contributed by atoms with Gasteiger partial charge in [-0.25, -0.2) is 13.2 Å². The van der Waals surface area contributed by atoms with E-state index in [0.717, 1.165) is 11.8 Å². The van der Waals surface area contributed by atoms with Crippen molar-refractivity contribution in [2.45, 2.75) is 38.1 Å². The number of benzene rings is 1. The summed E-state index contributed by atoms with van der Waals surface area (Å²) >= 11 is 0. The lowest BCUT2D eigenvalue weighted by Gasteiger charge is -2.19. The average Bonchev–Trinajstić information content (AvgIpc) is 2.55. The monoisotopic (exact) mass is 369 g/mol. The Morgan fingerprint density at radius 1 is 1.12 bits per heavy atom. The van der Waals surface area contributed by atoms with E-state index >= 15 is 0 Å². The van der Waals surface area contributed by atoms with E-state index in [1.54, 1.807) is 24.0 Å². The third-order valence-corrected chi connectivity index (χ3v) is 5.02. The van der Waals surface area contributed by atoms with Gasteiger partial charge in [0.2, 0.25) is 5.91 Å². The first kappa shape index (κ1) is 21.0. The molecule has 0 aliphatic heterocycles. The Kier molecular flexibility index (Phi) is 7.89. The second-order valence-electron chi connectivity index (χ2n) is 5.78. The van der Waals surface area contributed by atoms with E-state index in [4.69, 9.17) is 0 Å². The summed E-state index contributed by atoms with van der Waals surface area (Å²) < 4.78 is 22.9. The molecule has 0 bridgehead atoms. The number of hydrogen-bond acceptors (Lipinski definition) is 4. The Labute approximate surface area is 149 Å². The van der Waals surface area contributed by atoms with Crippen molar-refractivity contribution in [3.05, 3.63) is 29.8 Å². The van der Waals surface area contributed by atoms with Gasteiger partial charge in [0.05, 0.1) is 10.9 Å². The highest BCUT2D eigenvalue weighted by Gasteiger charge is 2.13. The van der Waals surface area contributed by atoms with Crippen molar-refractivity contribution in [3.63, 3.8) is 0 Å². The second-order valence-corrected chi connectivity index (χ2v) is 7.79. The molecule has 0 heterocycles. The van der Waals surface area contributed by atoms with Gasteiger partial charge in [-0.05, 0) is 38.5 Å². The third-order valence-electron chi connectivity index (χ3n) is 3.90. The molecular weight excluding hydrogens is 342 g/mol. The Hall–Kier alpha value is -2.09. The first-order valence-electron chi connectivity index (χ1n) is 8.31. The predicted octanol–water partition coefficient (Wildman–Crippen LogP) is 1.71. The number of urea groups is 1. The normalized spacial score (nSPS) is 12.3. The number of amides is 3. The first-order chi connectivity index (χ1) is 11.7. The lowest BCUT2D eigenvalue weighted by atomic mass is 10.1. The minimum Gasteiger partial charge on any atom is -0.343 e. The van der Waals surface area contributed by atoms with Crippen molar-refractivity contribution in [1.29, 1.82) is 0 Å². The van der Waals surface area contributed by atoms with Crippen LogP contribution in [0.1, 0.15) is 38.8 Å². The van der Waals surface area contributed by atoms with Crippen LogP contribution >= 0.6 is 0 Å². The number of carbonyl (C=O) groups is 2. The van der Waals surface area contributed by atoms with E-state index in [0.29, 0.717) is 13.1 Å². The Morgan fingerprint density at radius 3 is 2.16 bits per heavy atom. The van der Waals surface area contributed by atoms with Crippen LogP contribution in [0.25, 0.3) is 0 Å². The lowest BCUT2D eigenvalue weighted by molar-refractivity contribution is -0.130. The number of rotatable bonds is 8. The van der Waals surface area contributed by atoms with Crippen LogP contribution in [0, 0.1) is 0 Å². The van der Waals surface area contributed by atoms with Crippen LogP contribution in [0.2, 0.25) is 0 Å². The molecule has 8 heteroatoms. The molecule has 1 rings (SSSR count). The minimum absolute atomic E-state index is 0.00899. The van der Waals surface area contributed by atoms with E-state index in [1.165, 1.54) is 12.1 Å². The van der Waals surface area contributed by atoms with Crippen LogP contribution in [-0.4, -0.2) is 51.1 Å². The van der Waals surface area contributed by atoms with Gasteiger partial charge < -0.3 is 15.5 Å². The molecule has 0 aliphatic carbocycles. The predicted molar refractivity (Wildman–Crippen MR) is 97.0 cm³/mol. The molecule has 25 heavy (non-hydrogen) atoms. The zero-order valence-electron chi connectivity index (χ0n) is 15.2. The van der Waals surface area contributed by atoms with Crippen LogP contribution in [0.3, 0.4) is 0 Å². The van der Waals surface area contributed by atoms with E-state index in [1.807, 2.05) is 13.8 Å². The molecular formula is C17H27N3O4S. The Bertz CT molecular complexity index is 682. The summed E-state index contributed by atoms with van der Waals surface area (Å²) in [5.41, 5.74) is 0.793. The van der Waals surface area contributed by atoms with E-state index in [-0.39, 0.29) is 35.8 Å². The van der Waals surface area contributed by atoms with Gasteiger partial charge in [-0.2, -0.15) is 0 Å². The van der Waals surface area contributed by atoms with Crippen LogP contribution in [0.4, 0.5) is 4.79 Å². The first-order valence-corrected chi connectivity index (χ1v) is 10.2. The SMILES string of the molecule is CCN(CC)C(=O)CCNC(=O)NC(C)c1ccc(S(C)(=O)=O)cc1. The maximum absolute atomic E-state index is 11.9. The topological polar surface area (TPSA) is 95.6 Å². The average molecular weight is 369 g/mol. The van der Waals surface area contributed by atoms with Gasteiger partial charge in [0, 0.05) is 32.3 Å². The highest BCUT2D eigenvalue weighted by molar-refractivity contribution is 7.90. The summed E-state index contributed by atoms with van der Waals surface area (Å²) in [6.07, 6.45) is 1.41. The quantitative estimate of drug-likeness (QED) is 0.729. The van der Waals surface area contributed by atoms with E-state index in [9.17, 15) is 18.0 Å². The zero-order valence-corrected chi connectivity index (χ0v) is 16.0. The number of nitrogens with one attached hydrogen (secondary N) is 2. The van der Waals surface area contributed by atoms with Crippen molar-refractivity contribution in [3.8, 4) is 0 Å². The van der Waals surface area contributed by atoms with Crippen molar-refractivity contribution < 1.29 is 18.0 Å². The fraction of sp³-hybridized carbons (Fsp3) is 0.529. The summed E-state index contributed by atoms with van der Waals surface area (Å²) in [5, 5.41) is 5.42. The van der Waals surface area contributed by atoms with Gasteiger partial charge in [0.15, 0.2) is 9.84 Å². The molecule has 0 spiro atoms. The zero-order chi connectivity index (χ0) is 19.0. The molecule has 0 fully saturated rings. The number of hydrogen-bond donors (Lipinski definition) is 2. The molecule has 0 saturated carbocycles. The van der Waals surface area contributed by atoms with Crippen LogP contribution in [0.15, 0.2) is 29.2 Å². The summed E-state index contributed by atoms with van der Waals surface area (Å²) in [4.78, 5) is 25.7. The number of nitrogens with zero attached hydrogens (tertiary/aromatic N) is 1. The molecule has 3 amide bonds. The van der Waals surface area contributed by atoms with Crippen molar-refractivity contribution >= 4 is 21.8 Å². The summed E-state index contributed by atoms with van der Waals surface area (Å²) in [7, 11) is -3.24. The third kappa shape index (κ3) is 6.74. The van der Waals surface area contributed by atoms with Crippen LogP contribution in [0.5, 0.6) is 0 Å². The van der Waals surface area contributed by atoms with Gasteiger partial charge in [0.25, 0.3) is 0 Å². The molecule has 0 aliphatic rings. The van der Waals surface area contributed by atoms with Gasteiger partial charge in [-0.15, -0.1) is 0 Å². The van der Waals surface area contributed by atoms with Crippen LogP contribution < -0.4 is 10.6 Å². The van der Waals surface area contributed by atoms with Crippen molar-refractivity contribution in [1.82, 2.24) is 15.5 Å². The van der Waals surface area contributed by atoms with Crippen molar-refractivity contribution in [2.24, 2.45) is 0 Å². The molecule has 0 radical (unpaired) electrons. The maximum atomic E-state index is 11.9. The maximum Gasteiger partial charge on any atom is 0.315 e. The smallest absolute Gasteiger partial charge is 0.315 e. The summed E-state index contributed by atoms with van der Waals surface area (Å²) in [5.74, 6) is 0.00899. The van der Waals surface area contributed by atoms with Crippen LogP contribution in [-0.2, 0) is 14.6 Å². The van der Waals surface area contributed by atoms with Crippen molar-refractivity contribution in [2.75, 3.05) is 25.9 Å². The molecule has 0 aromatic heterocycles. The fourth-order valence-corrected chi connectivity index (χ4v) is 2.98. The summed E-state index contributed by atoms with van der Waals surface area (Å²) in [6.45, 7) is 7.21. The molecule has 1 atom stereocenters. The lowest BCUT2D eigenvalue weighted by Crippen LogP contribution is -2.39. The molecule has 1 unspecified atom stereocenters. The molecule has 2 N–H and O–H groups in total. The number of carbonyl (C=O) groups excluding carboxylic acids is 2. The Morgan fingerprint density at radius 2 is 1.68 bits per heavy atom. The summed E-state index contributed by atoms with van der Waals surface area (Å²) in [6, 6.07) is 5.72. The second kappa shape index (κ2) is 9.41. The molecule has 140 valence electrons. The Balaban J connectivity index is 2.47. The van der Waals surface area contributed by atoms with Gasteiger partial charge in [-0.3, -0.25) is 4.79 Å². The fourth-order valence-electron chi connectivity index (χ4n) is 2.35. The molecule has 1 aromatic rings. The van der Waals surface area contributed by atoms with E-state index in [2.05, 4.69) is 10.6 Å². The molecule has 0 saturated heterocycles. The highest BCUT2D eigenvalue weighted by Crippen LogP contribution is 2.16. The minimum atomic E-state index is -3.24. The molecule has 7 nitrogen and oxygen atoms in total. The molecule has 1 aromatic carbocycles. The standard InChI is InChI=1S/C17H27N3O4S/c1-5-20(6-2)16(21)11-12-18-17(22)19-13(3)14-7-9-15(10-8-14)25(4,23)24/h7-10,13H,5-6,11-12H2,1-4H3,(H2,18,19,22). The largest absolute Gasteiger partial charge is 0.343 e. The van der Waals surface area contributed by atoms with Gasteiger partial charge >= 0.3 is 6.03 Å². The highest BCUT2D eigenvalue weighted by atomic mass is 32.2. The van der Waals surface area contributed by atoms with E-state index < -0.39 is 9.84 Å². The number of sulfone groups is 1.